The van der Waals surface area contributed by atoms with E-state index in [0.29, 0.717) is 23.8 Å². The van der Waals surface area contributed by atoms with E-state index < -0.39 is 10.0 Å². The van der Waals surface area contributed by atoms with Crippen molar-refractivity contribution >= 4 is 10.0 Å². The zero-order valence-electron chi connectivity index (χ0n) is 9.33. The van der Waals surface area contributed by atoms with E-state index in [0.717, 1.165) is 0 Å². The van der Waals surface area contributed by atoms with Gasteiger partial charge in [-0.3, -0.25) is 0 Å². The van der Waals surface area contributed by atoms with Gasteiger partial charge < -0.3 is 0 Å². The fraction of sp³-hybridized carbons (Fsp3) is 0.556. The molecule has 0 radical (unpaired) electrons. The standard InChI is InChI=1S/C9H15N3O2S/c1-5-10-15(13,14)9-6(2)11-8(4)12-7(9)3/h10H,5H2,1-4H3. The predicted octanol–water partition coefficient (Wildman–Crippen LogP) is 0.700. The first kappa shape index (κ1) is 12.1. The molecule has 5 nitrogen and oxygen atoms in total. The predicted molar refractivity (Wildman–Crippen MR) is 57.1 cm³/mol. The van der Waals surface area contributed by atoms with E-state index in [4.69, 9.17) is 0 Å². The van der Waals surface area contributed by atoms with Crippen LogP contribution >= 0.6 is 0 Å². The van der Waals surface area contributed by atoms with E-state index in [9.17, 15) is 8.42 Å². The van der Waals surface area contributed by atoms with Gasteiger partial charge >= 0.3 is 0 Å². The van der Waals surface area contributed by atoms with Crippen molar-refractivity contribution in [2.24, 2.45) is 0 Å². The number of sulfonamides is 1. The highest BCUT2D eigenvalue weighted by atomic mass is 32.2. The molecular weight excluding hydrogens is 214 g/mol. The molecule has 0 unspecified atom stereocenters. The van der Waals surface area contributed by atoms with Crippen molar-refractivity contribution in [3.63, 3.8) is 0 Å². The molecule has 0 atom stereocenters. The lowest BCUT2D eigenvalue weighted by molar-refractivity contribution is 0.580. The molecular formula is C9H15N3O2S. The summed E-state index contributed by atoms with van der Waals surface area (Å²) in [5.41, 5.74) is 0.974. The maximum absolute atomic E-state index is 11.8. The number of aryl methyl sites for hydroxylation is 3. The van der Waals surface area contributed by atoms with E-state index in [2.05, 4.69) is 14.7 Å². The van der Waals surface area contributed by atoms with E-state index in [-0.39, 0.29) is 4.90 Å². The number of nitrogens with one attached hydrogen (secondary N) is 1. The molecule has 0 aliphatic heterocycles. The molecule has 0 bridgehead atoms. The van der Waals surface area contributed by atoms with Gasteiger partial charge in [0, 0.05) is 6.54 Å². The minimum absolute atomic E-state index is 0.190. The van der Waals surface area contributed by atoms with E-state index in [1.165, 1.54) is 0 Å². The third kappa shape index (κ3) is 2.51. The first-order valence-corrected chi connectivity index (χ1v) is 6.18. The Morgan fingerprint density at radius 2 is 1.60 bits per heavy atom. The lowest BCUT2D eigenvalue weighted by atomic mass is 10.3. The third-order valence-corrected chi connectivity index (χ3v) is 3.72. The normalized spacial score (nSPS) is 11.7. The molecule has 0 saturated carbocycles. The molecule has 0 aliphatic carbocycles. The van der Waals surface area contributed by atoms with Gasteiger partial charge in [0.15, 0.2) is 0 Å². The molecule has 0 amide bonds. The number of aromatic nitrogens is 2. The van der Waals surface area contributed by atoms with Gasteiger partial charge in [-0.05, 0) is 20.8 Å². The monoisotopic (exact) mass is 229 g/mol. The Morgan fingerprint density at radius 3 is 2.00 bits per heavy atom. The van der Waals surface area contributed by atoms with E-state index in [1.807, 2.05) is 0 Å². The Balaban J connectivity index is 3.38. The van der Waals surface area contributed by atoms with Gasteiger partial charge in [0.1, 0.15) is 10.7 Å². The summed E-state index contributed by atoms with van der Waals surface area (Å²) in [7, 11) is -3.46. The average Bonchev–Trinajstić information content (AvgIpc) is 1.99. The second-order valence-electron chi connectivity index (χ2n) is 3.27. The van der Waals surface area contributed by atoms with Crippen LogP contribution in [-0.2, 0) is 10.0 Å². The zero-order valence-corrected chi connectivity index (χ0v) is 10.1. The lowest BCUT2D eigenvalue weighted by Crippen LogP contribution is -2.25. The molecule has 0 spiro atoms. The van der Waals surface area contributed by atoms with Gasteiger partial charge in [-0.15, -0.1) is 0 Å². The summed E-state index contributed by atoms with van der Waals surface area (Å²) in [6, 6.07) is 0. The summed E-state index contributed by atoms with van der Waals surface area (Å²) in [5.74, 6) is 0.584. The Kier molecular flexibility index (Phi) is 3.41. The molecule has 6 heteroatoms. The van der Waals surface area contributed by atoms with Crippen molar-refractivity contribution in [3.05, 3.63) is 17.2 Å². The smallest absolute Gasteiger partial charge is 0.237 e. The maximum Gasteiger partial charge on any atom is 0.244 e. The highest BCUT2D eigenvalue weighted by Crippen LogP contribution is 2.16. The van der Waals surface area contributed by atoms with Crippen LogP contribution in [0.4, 0.5) is 0 Å². The first-order chi connectivity index (χ1) is 6.88. The molecule has 1 heterocycles. The van der Waals surface area contributed by atoms with Crippen LogP contribution in [0.1, 0.15) is 24.1 Å². The Morgan fingerprint density at radius 1 is 1.13 bits per heavy atom. The maximum atomic E-state index is 11.8. The number of hydrogen-bond acceptors (Lipinski definition) is 4. The number of hydrogen-bond donors (Lipinski definition) is 1. The summed E-state index contributed by atoms with van der Waals surface area (Å²) in [4.78, 5) is 8.30. The second kappa shape index (κ2) is 4.24. The summed E-state index contributed by atoms with van der Waals surface area (Å²) < 4.78 is 26.0. The van der Waals surface area contributed by atoms with Crippen molar-refractivity contribution in [3.8, 4) is 0 Å². The van der Waals surface area contributed by atoms with E-state index in [1.54, 1.807) is 27.7 Å². The fourth-order valence-electron chi connectivity index (χ4n) is 1.52. The molecule has 0 aliphatic rings. The van der Waals surface area contributed by atoms with Crippen LogP contribution in [-0.4, -0.2) is 24.9 Å². The van der Waals surface area contributed by atoms with Crippen LogP contribution in [0.3, 0.4) is 0 Å². The first-order valence-electron chi connectivity index (χ1n) is 4.70. The number of rotatable bonds is 3. The van der Waals surface area contributed by atoms with Crippen LogP contribution in [0.5, 0.6) is 0 Å². The SMILES string of the molecule is CCNS(=O)(=O)c1c(C)nc(C)nc1C. The zero-order chi connectivity index (χ0) is 11.6. The summed E-state index contributed by atoms with van der Waals surface area (Å²) in [6.07, 6.45) is 0. The van der Waals surface area contributed by atoms with Crippen molar-refractivity contribution in [2.75, 3.05) is 6.54 Å². The van der Waals surface area contributed by atoms with Crippen molar-refractivity contribution in [2.45, 2.75) is 32.6 Å². The van der Waals surface area contributed by atoms with Gasteiger partial charge in [-0.25, -0.2) is 23.1 Å². The topological polar surface area (TPSA) is 72.0 Å². The molecule has 0 aromatic carbocycles. The van der Waals surface area contributed by atoms with Crippen LogP contribution < -0.4 is 4.72 Å². The fourth-order valence-corrected chi connectivity index (χ4v) is 2.92. The molecule has 15 heavy (non-hydrogen) atoms. The van der Waals surface area contributed by atoms with E-state index >= 15 is 0 Å². The third-order valence-electron chi connectivity index (χ3n) is 1.92. The van der Waals surface area contributed by atoms with Gasteiger partial charge in [0.2, 0.25) is 10.0 Å². The number of nitrogens with zero attached hydrogens (tertiary/aromatic N) is 2. The van der Waals surface area contributed by atoms with Crippen molar-refractivity contribution < 1.29 is 8.42 Å². The summed E-state index contributed by atoms with van der Waals surface area (Å²) >= 11 is 0. The van der Waals surface area contributed by atoms with Gasteiger partial charge in [-0.1, -0.05) is 6.92 Å². The molecule has 1 aromatic rings. The van der Waals surface area contributed by atoms with Crippen LogP contribution in [0.25, 0.3) is 0 Å². The molecule has 0 saturated heterocycles. The van der Waals surface area contributed by atoms with Gasteiger partial charge in [-0.2, -0.15) is 0 Å². The molecule has 1 aromatic heterocycles. The van der Waals surface area contributed by atoms with Crippen LogP contribution in [0.2, 0.25) is 0 Å². The minimum Gasteiger partial charge on any atom is -0.237 e. The highest BCUT2D eigenvalue weighted by molar-refractivity contribution is 7.89. The highest BCUT2D eigenvalue weighted by Gasteiger charge is 2.20. The van der Waals surface area contributed by atoms with Gasteiger partial charge in [0.25, 0.3) is 0 Å². The quantitative estimate of drug-likeness (QED) is 0.828. The Hall–Kier alpha value is -1.01. The molecule has 1 rings (SSSR count). The van der Waals surface area contributed by atoms with Crippen LogP contribution in [0, 0.1) is 20.8 Å². The average molecular weight is 229 g/mol. The Labute approximate surface area is 90.0 Å². The van der Waals surface area contributed by atoms with Crippen LogP contribution in [0.15, 0.2) is 4.90 Å². The second-order valence-corrected chi connectivity index (χ2v) is 4.98. The summed E-state index contributed by atoms with van der Waals surface area (Å²) in [5, 5.41) is 0. The molecule has 0 fully saturated rings. The molecule has 1 N–H and O–H groups in total. The Bertz CT molecular complexity index is 445. The van der Waals surface area contributed by atoms with Gasteiger partial charge in [0.05, 0.1) is 11.4 Å². The van der Waals surface area contributed by atoms with Crippen molar-refractivity contribution in [1.29, 1.82) is 0 Å². The van der Waals surface area contributed by atoms with Crippen molar-refractivity contribution in [1.82, 2.24) is 14.7 Å². The minimum atomic E-state index is -3.46. The molecule has 84 valence electrons. The summed E-state index contributed by atoms with van der Waals surface area (Å²) in [6.45, 7) is 7.17. The largest absolute Gasteiger partial charge is 0.244 e. The lowest BCUT2D eigenvalue weighted by Gasteiger charge is -2.10.